The van der Waals surface area contributed by atoms with E-state index in [2.05, 4.69) is 50.3 Å². The predicted octanol–water partition coefficient (Wildman–Crippen LogP) is 23.1. The van der Waals surface area contributed by atoms with E-state index < -0.39 is 26.5 Å². The van der Waals surface area contributed by atoms with Crippen molar-refractivity contribution in [1.82, 2.24) is 0 Å². The number of phosphoric acid groups is 1. The van der Waals surface area contributed by atoms with Crippen molar-refractivity contribution in [2.75, 3.05) is 47.5 Å². The van der Waals surface area contributed by atoms with Gasteiger partial charge in [0.25, 0.3) is 0 Å². The van der Waals surface area contributed by atoms with Crippen molar-refractivity contribution in [3.05, 3.63) is 36.5 Å². The van der Waals surface area contributed by atoms with E-state index in [1.807, 2.05) is 21.1 Å². The molecule has 0 radical (unpaired) electrons. The minimum atomic E-state index is -4.39. The monoisotopic (exact) mass is 1180 g/mol. The molecule has 0 saturated heterocycles. The highest BCUT2D eigenvalue weighted by atomic mass is 31.2. The van der Waals surface area contributed by atoms with Gasteiger partial charge in [0.05, 0.1) is 27.7 Å². The van der Waals surface area contributed by atoms with Crippen LogP contribution in [0.1, 0.15) is 361 Å². The number of esters is 2. The van der Waals surface area contributed by atoms with Crippen molar-refractivity contribution in [2.45, 2.75) is 367 Å². The number of likely N-dealkylation sites (N-methyl/N-ethyl adjacent to an activating group) is 1. The molecule has 1 N–H and O–H groups in total. The summed E-state index contributed by atoms with van der Waals surface area (Å²) in [6.07, 6.45) is 81.3. The minimum absolute atomic E-state index is 0.0342. The number of hydrogen-bond donors (Lipinski definition) is 1. The molecule has 9 nitrogen and oxygen atoms in total. The first kappa shape index (κ1) is 80.2. The van der Waals surface area contributed by atoms with Gasteiger partial charge in [0.1, 0.15) is 19.8 Å². The number of allylic oxidation sites excluding steroid dienone is 6. The van der Waals surface area contributed by atoms with Crippen LogP contribution in [0.2, 0.25) is 0 Å². The zero-order chi connectivity index (χ0) is 59.8. The smallest absolute Gasteiger partial charge is 0.462 e. The third kappa shape index (κ3) is 67.4. The van der Waals surface area contributed by atoms with Crippen molar-refractivity contribution in [1.29, 1.82) is 0 Å². The summed E-state index contributed by atoms with van der Waals surface area (Å²) in [4.78, 5) is 35.8. The first-order valence-corrected chi connectivity index (χ1v) is 37.2. The number of unbranched alkanes of at least 4 members (excludes halogenated alkanes) is 47. The van der Waals surface area contributed by atoms with Gasteiger partial charge in [0.2, 0.25) is 0 Å². The molecular weight excluding hydrogens is 1040 g/mol. The predicted molar refractivity (Wildman–Crippen MR) is 354 cm³/mol. The van der Waals surface area contributed by atoms with Gasteiger partial charge < -0.3 is 18.9 Å². The fourth-order valence-electron chi connectivity index (χ4n) is 10.6. The average Bonchev–Trinajstić information content (AvgIpc) is 3.46. The van der Waals surface area contributed by atoms with Gasteiger partial charge in [-0.2, -0.15) is 0 Å². The van der Waals surface area contributed by atoms with E-state index in [9.17, 15) is 19.0 Å². The lowest BCUT2D eigenvalue weighted by Crippen LogP contribution is -2.37. The molecule has 484 valence electrons. The van der Waals surface area contributed by atoms with Gasteiger partial charge in [0.15, 0.2) is 6.10 Å². The second-order valence-corrected chi connectivity index (χ2v) is 27.1. The first-order chi connectivity index (χ1) is 40.0. The fourth-order valence-corrected chi connectivity index (χ4v) is 11.4. The number of carbonyl (C=O) groups is 2. The second kappa shape index (κ2) is 63.7. The van der Waals surface area contributed by atoms with Crippen LogP contribution in [0.25, 0.3) is 0 Å². The standard InChI is InChI=1S/C72H138NO8P/c1-6-8-10-12-14-16-18-20-22-24-26-27-28-29-30-31-32-33-34-35-36-37-38-39-40-41-42-43-44-45-47-49-51-53-55-57-59-61-63-65-72(75)81-70(69-80-82(76,77)79-67-66-73(3,4)5)68-78-71(74)64-62-60-58-56-54-52-50-48-46-25-23-21-19-17-15-13-11-9-7-2/h18,20-21,23-24,26,70H,6-17,19,22,25,27-69H2,1-5H3/p+1/b20-18-,23-21-,26-24-. The highest BCUT2D eigenvalue weighted by Gasteiger charge is 2.27. The van der Waals surface area contributed by atoms with E-state index in [0.29, 0.717) is 23.9 Å². The van der Waals surface area contributed by atoms with Crippen LogP contribution >= 0.6 is 7.82 Å². The van der Waals surface area contributed by atoms with Crippen LogP contribution in [0.15, 0.2) is 36.5 Å². The van der Waals surface area contributed by atoms with Gasteiger partial charge in [0, 0.05) is 12.8 Å². The molecule has 0 bridgehead atoms. The van der Waals surface area contributed by atoms with Gasteiger partial charge in [-0.3, -0.25) is 18.6 Å². The van der Waals surface area contributed by atoms with E-state index in [4.69, 9.17) is 18.5 Å². The Morgan fingerprint density at radius 2 is 0.659 bits per heavy atom. The van der Waals surface area contributed by atoms with Crippen LogP contribution in [0.5, 0.6) is 0 Å². The molecule has 0 saturated carbocycles. The van der Waals surface area contributed by atoms with Crippen molar-refractivity contribution < 1.29 is 42.1 Å². The third-order valence-electron chi connectivity index (χ3n) is 16.1. The summed E-state index contributed by atoms with van der Waals surface area (Å²) in [6, 6.07) is 0. The van der Waals surface area contributed by atoms with Crippen LogP contribution in [0.3, 0.4) is 0 Å². The summed E-state index contributed by atoms with van der Waals surface area (Å²) >= 11 is 0. The quantitative estimate of drug-likeness (QED) is 0.0211. The number of phosphoric ester groups is 1. The molecule has 0 amide bonds. The minimum Gasteiger partial charge on any atom is -0.462 e. The van der Waals surface area contributed by atoms with E-state index >= 15 is 0 Å². The molecule has 0 fully saturated rings. The van der Waals surface area contributed by atoms with E-state index in [-0.39, 0.29) is 25.6 Å². The molecule has 0 aromatic carbocycles. The van der Waals surface area contributed by atoms with Crippen molar-refractivity contribution in [3.63, 3.8) is 0 Å². The van der Waals surface area contributed by atoms with Crippen molar-refractivity contribution >= 4 is 19.8 Å². The second-order valence-electron chi connectivity index (χ2n) is 25.6. The molecule has 2 unspecified atom stereocenters. The highest BCUT2D eigenvalue weighted by Crippen LogP contribution is 2.43. The van der Waals surface area contributed by atoms with Crippen LogP contribution in [-0.2, 0) is 32.7 Å². The van der Waals surface area contributed by atoms with Gasteiger partial charge in [-0.05, 0) is 70.6 Å². The summed E-state index contributed by atoms with van der Waals surface area (Å²) in [5.74, 6) is -0.780. The summed E-state index contributed by atoms with van der Waals surface area (Å²) in [7, 11) is 1.50. The number of carbonyl (C=O) groups excluding carboxylic acids is 2. The lowest BCUT2D eigenvalue weighted by Gasteiger charge is -2.24. The van der Waals surface area contributed by atoms with Crippen LogP contribution < -0.4 is 0 Å². The number of hydrogen-bond acceptors (Lipinski definition) is 7. The van der Waals surface area contributed by atoms with Crippen LogP contribution in [0.4, 0.5) is 0 Å². The van der Waals surface area contributed by atoms with Gasteiger partial charge >= 0.3 is 19.8 Å². The van der Waals surface area contributed by atoms with Gasteiger partial charge in [-0.1, -0.05) is 314 Å². The molecular formula is C72H139NO8P+. The maximum atomic E-state index is 12.9. The van der Waals surface area contributed by atoms with E-state index in [1.54, 1.807) is 0 Å². The molecule has 0 spiro atoms. The number of ether oxygens (including phenoxy) is 2. The van der Waals surface area contributed by atoms with Gasteiger partial charge in [-0.15, -0.1) is 0 Å². The molecule has 0 aliphatic rings. The summed E-state index contributed by atoms with van der Waals surface area (Å²) in [5, 5.41) is 0. The Morgan fingerprint density at radius 1 is 0.378 bits per heavy atom. The molecule has 0 rings (SSSR count). The average molecular weight is 1180 g/mol. The third-order valence-corrected chi connectivity index (χ3v) is 17.1. The maximum Gasteiger partial charge on any atom is 0.472 e. The van der Waals surface area contributed by atoms with Crippen LogP contribution in [0, 0.1) is 0 Å². The largest absolute Gasteiger partial charge is 0.472 e. The molecule has 0 aliphatic carbocycles. The van der Waals surface area contributed by atoms with Crippen LogP contribution in [-0.4, -0.2) is 74.9 Å². The molecule has 0 heterocycles. The Hall–Kier alpha value is -1.77. The van der Waals surface area contributed by atoms with E-state index in [0.717, 1.165) is 38.5 Å². The zero-order valence-electron chi connectivity index (χ0n) is 55.3. The summed E-state index contributed by atoms with van der Waals surface area (Å²) in [6.45, 7) is 4.48. The van der Waals surface area contributed by atoms with E-state index in [1.165, 1.54) is 289 Å². The maximum absolute atomic E-state index is 12.9. The molecule has 2 atom stereocenters. The molecule has 0 aromatic rings. The Kier molecular flexibility index (Phi) is 62.3. The number of quaternary nitrogens is 1. The van der Waals surface area contributed by atoms with Gasteiger partial charge in [-0.25, -0.2) is 4.57 Å². The Morgan fingerprint density at radius 3 is 0.976 bits per heavy atom. The Labute approximate surface area is 510 Å². The highest BCUT2D eigenvalue weighted by molar-refractivity contribution is 7.47. The Bertz CT molecular complexity index is 1480. The molecule has 0 aliphatic heterocycles. The fraction of sp³-hybridized carbons (Fsp3) is 0.889. The summed E-state index contributed by atoms with van der Waals surface area (Å²) in [5.41, 5.74) is 0. The normalized spacial score (nSPS) is 13.3. The lowest BCUT2D eigenvalue weighted by atomic mass is 10.0. The number of nitrogens with zero attached hydrogens (tertiary/aromatic N) is 1. The molecule has 0 aromatic heterocycles. The Balaban J connectivity index is 3.90. The van der Waals surface area contributed by atoms with Crippen molar-refractivity contribution in [3.8, 4) is 0 Å². The first-order valence-electron chi connectivity index (χ1n) is 35.7. The lowest BCUT2D eigenvalue weighted by molar-refractivity contribution is -0.870. The topological polar surface area (TPSA) is 108 Å². The molecule has 10 heteroatoms. The van der Waals surface area contributed by atoms with Crippen molar-refractivity contribution in [2.24, 2.45) is 0 Å². The molecule has 82 heavy (non-hydrogen) atoms. The number of rotatable bonds is 67. The zero-order valence-corrected chi connectivity index (χ0v) is 56.1. The summed E-state index contributed by atoms with van der Waals surface area (Å²) < 4.78 is 34.7. The SMILES string of the molecule is CCCCCCC/C=C\C/C=C\CCCCCCCCCCCCCCCCCCCCCCCCCCCCCC(=O)OC(COC(=O)CCCCCCCCCCC/C=C\CCCCCCCC)COP(=O)(O)OCC[N+](C)(C)C.